The highest BCUT2D eigenvalue weighted by Crippen LogP contribution is 2.35. The van der Waals surface area contributed by atoms with Crippen LogP contribution < -0.4 is 14.8 Å². The summed E-state index contributed by atoms with van der Waals surface area (Å²) < 4.78 is 18.3. The van der Waals surface area contributed by atoms with E-state index >= 15 is 0 Å². The van der Waals surface area contributed by atoms with Crippen LogP contribution in [-0.4, -0.2) is 49.2 Å². The topological polar surface area (TPSA) is 74.6 Å². The number of carbonyl (C=O) groups excluding carboxylic acids is 1. The van der Waals surface area contributed by atoms with Crippen LogP contribution in [0.3, 0.4) is 0 Å². The largest absolute Gasteiger partial charge is 0.497 e. The van der Waals surface area contributed by atoms with Gasteiger partial charge in [-0.15, -0.1) is 0 Å². The standard InChI is InChI=1S/C24H27N3O4/c1-29-19-10-11-22(30-2)20(15-19)23-21(16-27(26-23)17-7-4-3-5-8-17)24(28)25-13-12-18-9-6-14-31-18/h3-5,7-8,10-11,15-16,18H,6,9,12-14H2,1-2H3,(H,25,28). The van der Waals surface area contributed by atoms with Crippen molar-refractivity contribution in [3.8, 4) is 28.4 Å². The summed E-state index contributed by atoms with van der Waals surface area (Å²) in [7, 11) is 3.20. The van der Waals surface area contributed by atoms with Crippen molar-refractivity contribution in [1.82, 2.24) is 15.1 Å². The SMILES string of the molecule is COc1ccc(OC)c(-c2nn(-c3ccccc3)cc2C(=O)NCCC2CCCO2)c1. The van der Waals surface area contributed by atoms with Crippen LogP contribution in [-0.2, 0) is 4.74 Å². The second-order valence-electron chi connectivity index (χ2n) is 7.42. The number of aromatic nitrogens is 2. The molecule has 1 atom stereocenters. The highest BCUT2D eigenvalue weighted by atomic mass is 16.5. The molecule has 1 saturated heterocycles. The number of hydrogen-bond acceptors (Lipinski definition) is 5. The summed E-state index contributed by atoms with van der Waals surface area (Å²) in [4.78, 5) is 13.1. The maximum absolute atomic E-state index is 13.1. The molecule has 0 radical (unpaired) electrons. The third-order valence-corrected chi connectivity index (χ3v) is 5.42. The van der Waals surface area contributed by atoms with Crippen molar-refractivity contribution in [2.24, 2.45) is 0 Å². The van der Waals surface area contributed by atoms with Crippen molar-refractivity contribution < 1.29 is 19.0 Å². The number of nitrogens with one attached hydrogen (secondary N) is 1. The van der Waals surface area contributed by atoms with Gasteiger partial charge in [-0.05, 0) is 49.6 Å². The molecule has 162 valence electrons. The molecule has 1 unspecified atom stereocenters. The second kappa shape index (κ2) is 9.66. The van der Waals surface area contributed by atoms with Crippen molar-refractivity contribution in [3.05, 3.63) is 60.3 Å². The van der Waals surface area contributed by atoms with E-state index in [1.807, 2.05) is 48.5 Å². The molecular formula is C24H27N3O4. The summed E-state index contributed by atoms with van der Waals surface area (Å²) in [5, 5.41) is 7.76. The summed E-state index contributed by atoms with van der Waals surface area (Å²) in [6.07, 6.45) is 4.92. The molecule has 1 aliphatic rings. The molecule has 1 aliphatic heterocycles. The summed E-state index contributed by atoms with van der Waals surface area (Å²) in [5.41, 5.74) is 2.57. The van der Waals surface area contributed by atoms with E-state index < -0.39 is 0 Å². The van der Waals surface area contributed by atoms with E-state index in [0.717, 1.165) is 31.6 Å². The van der Waals surface area contributed by atoms with E-state index in [2.05, 4.69) is 5.32 Å². The molecule has 1 fully saturated rings. The lowest BCUT2D eigenvalue weighted by Crippen LogP contribution is -2.27. The monoisotopic (exact) mass is 421 g/mol. The minimum atomic E-state index is -0.181. The minimum Gasteiger partial charge on any atom is -0.497 e. The first kappa shape index (κ1) is 20.9. The predicted octanol–water partition coefficient (Wildman–Crippen LogP) is 3.86. The number of nitrogens with zero attached hydrogens (tertiary/aromatic N) is 2. The van der Waals surface area contributed by atoms with Crippen molar-refractivity contribution in [2.45, 2.75) is 25.4 Å². The molecule has 1 aromatic heterocycles. The Morgan fingerprint density at radius 3 is 2.74 bits per heavy atom. The molecule has 2 heterocycles. The third kappa shape index (κ3) is 4.72. The summed E-state index contributed by atoms with van der Waals surface area (Å²) in [6.45, 7) is 1.36. The summed E-state index contributed by atoms with van der Waals surface area (Å²) in [6, 6.07) is 15.2. The molecule has 7 nitrogen and oxygen atoms in total. The molecule has 1 N–H and O–H groups in total. The zero-order valence-electron chi connectivity index (χ0n) is 17.8. The maximum Gasteiger partial charge on any atom is 0.255 e. The van der Waals surface area contributed by atoms with Gasteiger partial charge in [-0.3, -0.25) is 4.79 Å². The first-order valence-corrected chi connectivity index (χ1v) is 10.5. The molecule has 2 aromatic carbocycles. The zero-order chi connectivity index (χ0) is 21.6. The lowest BCUT2D eigenvalue weighted by molar-refractivity contribution is 0.0907. The van der Waals surface area contributed by atoms with Crippen LogP contribution >= 0.6 is 0 Å². The van der Waals surface area contributed by atoms with E-state index in [-0.39, 0.29) is 12.0 Å². The van der Waals surface area contributed by atoms with Crippen LogP contribution in [0.2, 0.25) is 0 Å². The fourth-order valence-corrected chi connectivity index (χ4v) is 3.77. The number of methoxy groups -OCH3 is 2. The third-order valence-electron chi connectivity index (χ3n) is 5.42. The van der Waals surface area contributed by atoms with Crippen LogP contribution in [0.4, 0.5) is 0 Å². The first-order valence-electron chi connectivity index (χ1n) is 10.5. The zero-order valence-corrected chi connectivity index (χ0v) is 17.8. The van der Waals surface area contributed by atoms with Gasteiger partial charge in [-0.25, -0.2) is 4.68 Å². The number of amides is 1. The average Bonchev–Trinajstić information content (AvgIpc) is 3.49. The maximum atomic E-state index is 13.1. The first-order chi connectivity index (χ1) is 15.2. The van der Waals surface area contributed by atoms with Gasteiger partial charge in [-0.2, -0.15) is 5.10 Å². The molecule has 31 heavy (non-hydrogen) atoms. The fraction of sp³-hybridized carbons (Fsp3) is 0.333. The molecule has 0 aliphatic carbocycles. The number of benzene rings is 2. The van der Waals surface area contributed by atoms with Crippen molar-refractivity contribution in [1.29, 1.82) is 0 Å². The lowest BCUT2D eigenvalue weighted by atomic mass is 10.1. The van der Waals surface area contributed by atoms with E-state index in [1.54, 1.807) is 25.1 Å². The van der Waals surface area contributed by atoms with E-state index in [9.17, 15) is 4.79 Å². The van der Waals surface area contributed by atoms with Crippen LogP contribution in [0.15, 0.2) is 54.7 Å². The molecule has 4 rings (SSSR count). The molecule has 0 saturated carbocycles. The highest BCUT2D eigenvalue weighted by molar-refractivity contribution is 6.00. The van der Waals surface area contributed by atoms with Crippen molar-refractivity contribution >= 4 is 5.91 Å². The Hall–Kier alpha value is -3.32. The van der Waals surface area contributed by atoms with Crippen molar-refractivity contribution in [3.63, 3.8) is 0 Å². The second-order valence-corrected chi connectivity index (χ2v) is 7.42. The smallest absolute Gasteiger partial charge is 0.255 e. The normalized spacial score (nSPS) is 15.6. The minimum absolute atomic E-state index is 0.181. The van der Waals surface area contributed by atoms with Crippen LogP contribution in [0, 0.1) is 0 Å². The van der Waals surface area contributed by atoms with Crippen molar-refractivity contribution in [2.75, 3.05) is 27.4 Å². The number of hydrogen-bond donors (Lipinski definition) is 1. The molecule has 3 aromatic rings. The molecule has 0 spiro atoms. The van der Waals surface area contributed by atoms with Gasteiger partial charge in [0, 0.05) is 24.9 Å². The quantitative estimate of drug-likeness (QED) is 0.598. The predicted molar refractivity (Wildman–Crippen MR) is 118 cm³/mol. The average molecular weight is 421 g/mol. The number of ether oxygens (including phenoxy) is 3. The van der Waals surface area contributed by atoms with Gasteiger partial charge in [-0.1, -0.05) is 18.2 Å². The van der Waals surface area contributed by atoms with Gasteiger partial charge in [0.1, 0.15) is 17.2 Å². The molecule has 0 bridgehead atoms. The number of para-hydroxylation sites is 1. The number of carbonyl (C=O) groups is 1. The highest BCUT2D eigenvalue weighted by Gasteiger charge is 2.22. The Bertz CT molecular complexity index is 1030. The molecule has 1 amide bonds. The van der Waals surface area contributed by atoms with Gasteiger partial charge in [0.25, 0.3) is 5.91 Å². The number of rotatable bonds is 8. The molecular weight excluding hydrogens is 394 g/mol. The van der Waals surface area contributed by atoms with E-state index in [1.165, 1.54) is 0 Å². The van der Waals surface area contributed by atoms with E-state index in [4.69, 9.17) is 19.3 Å². The Kier molecular flexibility index (Phi) is 6.52. The van der Waals surface area contributed by atoms with Crippen LogP contribution in [0.5, 0.6) is 11.5 Å². The van der Waals surface area contributed by atoms with Crippen LogP contribution in [0.25, 0.3) is 16.9 Å². The van der Waals surface area contributed by atoms with Gasteiger partial charge in [0.05, 0.1) is 31.6 Å². The Morgan fingerprint density at radius 2 is 2.03 bits per heavy atom. The van der Waals surface area contributed by atoms with E-state index in [0.29, 0.717) is 34.9 Å². The van der Waals surface area contributed by atoms with Gasteiger partial charge < -0.3 is 19.5 Å². The lowest BCUT2D eigenvalue weighted by Gasteiger charge is -2.12. The van der Waals surface area contributed by atoms with Crippen LogP contribution in [0.1, 0.15) is 29.6 Å². The van der Waals surface area contributed by atoms with Gasteiger partial charge >= 0.3 is 0 Å². The summed E-state index contributed by atoms with van der Waals surface area (Å²) in [5.74, 6) is 1.10. The summed E-state index contributed by atoms with van der Waals surface area (Å²) >= 11 is 0. The fourth-order valence-electron chi connectivity index (χ4n) is 3.77. The molecule has 7 heteroatoms. The Labute approximate surface area is 181 Å². The Balaban J connectivity index is 1.68. The van der Waals surface area contributed by atoms with Gasteiger partial charge in [0.15, 0.2) is 0 Å². The Morgan fingerprint density at radius 1 is 1.19 bits per heavy atom. The van der Waals surface area contributed by atoms with Gasteiger partial charge in [0.2, 0.25) is 0 Å².